The molecule has 0 unspecified atom stereocenters. The van der Waals surface area contributed by atoms with Gasteiger partial charge in [0.25, 0.3) is 11.8 Å². The highest BCUT2D eigenvalue weighted by atomic mass is 16.2. The van der Waals surface area contributed by atoms with E-state index in [0.717, 1.165) is 23.1 Å². The third kappa shape index (κ3) is 3.75. The summed E-state index contributed by atoms with van der Waals surface area (Å²) in [7, 11) is 0. The number of carbonyl (C=O) groups is 3. The summed E-state index contributed by atoms with van der Waals surface area (Å²) in [6.07, 6.45) is 0.822. The summed E-state index contributed by atoms with van der Waals surface area (Å²) in [6, 6.07) is 25.8. The van der Waals surface area contributed by atoms with E-state index < -0.39 is 23.5 Å². The van der Waals surface area contributed by atoms with Crippen LogP contribution in [0.3, 0.4) is 0 Å². The van der Waals surface area contributed by atoms with Crippen LogP contribution in [0.5, 0.6) is 0 Å². The van der Waals surface area contributed by atoms with Crippen molar-refractivity contribution in [2.75, 3.05) is 6.54 Å². The highest BCUT2D eigenvalue weighted by Gasteiger charge is 2.59. The van der Waals surface area contributed by atoms with Crippen LogP contribution in [0.4, 0.5) is 4.79 Å². The predicted molar refractivity (Wildman–Crippen MR) is 129 cm³/mol. The fourth-order valence-electron chi connectivity index (χ4n) is 5.01. The SMILES string of the molecule is C[C@H](c1ccccc1)N1C(=O)N[C@@](Cc2ccccc2)(C(=O)N2CCc3ccccc3C2)C1=O. The lowest BCUT2D eigenvalue weighted by Gasteiger charge is -2.36. The monoisotopic (exact) mass is 453 g/mol. The number of urea groups is 1. The Kier molecular flexibility index (Phi) is 5.65. The maximum absolute atomic E-state index is 14.1. The van der Waals surface area contributed by atoms with Crippen LogP contribution in [0.15, 0.2) is 84.9 Å². The number of hydrogen-bond acceptors (Lipinski definition) is 3. The molecule has 3 aromatic carbocycles. The molecule has 2 aliphatic rings. The number of nitrogens with one attached hydrogen (secondary N) is 1. The van der Waals surface area contributed by atoms with Crippen molar-refractivity contribution in [2.45, 2.75) is 37.9 Å². The Bertz CT molecular complexity index is 1230. The first kappa shape index (κ1) is 21.9. The second-order valence-corrected chi connectivity index (χ2v) is 9.01. The van der Waals surface area contributed by atoms with Crippen LogP contribution >= 0.6 is 0 Å². The molecule has 0 aromatic heterocycles. The summed E-state index contributed by atoms with van der Waals surface area (Å²) >= 11 is 0. The molecule has 1 fully saturated rings. The normalized spacial score (nSPS) is 20.6. The zero-order chi connectivity index (χ0) is 23.7. The van der Waals surface area contributed by atoms with E-state index in [2.05, 4.69) is 11.4 Å². The van der Waals surface area contributed by atoms with Crippen LogP contribution in [-0.2, 0) is 29.0 Å². The molecule has 6 nitrogen and oxygen atoms in total. The van der Waals surface area contributed by atoms with Gasteiger partial charge in [0, 0.05) is 19.5 Å². The molecule has 3 aromatic rings. The first-order valence-corrected chi connectivity index (χ1v) is 11.6. The van der Waals surface area contributed by atoms with Gasteiger partial charge in [-0.25, -0.2) is 4.79 Å². The average Bonchev–Trinajstić information content (AvgIpc) is 3.13. The van der Waals surface area contributed by atoms with Gasteiger partial charge in [0.2, 0.25) is 5.54 Å². The Morgan fingerprint density at radius 3 is 2.24 bits per heavy atom. The molecule has 1 N–H and O–H groups in total. The first-order chi connectivity index (χ1) is 16.5. The Morgan fingerprint density at radius 2 is 1.53 bits per heavy atom. The van der Waals surface area contributed by atoms with Crippen molar-refractivity contribution < 1.29 is 14.4 Å². The second kappa shape index (κ2) is 8.78. The van der Waals surface area contributed by atoms with E-state index in [0.29, 0.717) is 13.1 Å². The van der Waals surface area contributed by atoms with Gasteiger partial charge in [-0.05, 0) is 35.6 Å². The highest BCUT2D eigenvalue weighted by Crippen LogP contribution is 2.33. The highest BCUT2D eigenvalue weighted by molar-refractivity contribution is 6.20. The molecule has 34 heavy (non-hydrogen) atoms. The van der Waals surface area contributed by atoms with Crippen LogP contribution < -0.4 is 5.32 Å². The summed E-state index contributed by atoms with van der Waals surface area (Å²) in [5.41, 5.74) is 2.26. The molecular weight excluding hydrogens is 426 g/mol. The number of hydrogen-bond donors (Lipinski definition) is 1. The predicted octanol–water partition coefficient (Wildman–Crippen LogP) is 3.87. The maximum atomic E-state index is 14.1. The van der Waals surface area contributed by atoms with Gasteiger partial charge in [0.1, 0.15) is 0 Å². The van der Waals surface area contributed by atoms with Gasteiger partial charge in [-0.1, -0.05) is 84.9 Å². The number of amides is 4. The van der Waals surface area contributed by atoms with Gasteiger partial charge < -0.3 is 10.2 Å². The fraction of sp³-hybridized carbons (Fsp3) is 0.250. The lowest BCUT2D eigenvalue weighted by molar-refractivity contribution is -0.147. The minimum absolute atomic E-state index is 0.105. The third-order valence-electron chi connectivity index (χ3n) is 6.89. The number of benzene rings is 3. The summed E-state index contributed by atoms with van der Waals surface area (Å²) in [5.74, 6) is -0.853. The molecule has 0 spiro atoms. The third-order valence-corrected chi connectivity index (χ3v) is 6.89. The molecule has 2 heterocycles. The number of nitrogens with zero attached hydrogens (tertiary/aromatic N) is 2. The van der Waals surface area contributed by atoms with Gasteiger partial charge in [-0.3, -0.25) is 14.5 Å². The number of imide groups is 1. The molecule has 2 aliphatic heterocycles. The van der Waals surface area contributed by atoms with Crippen molar-refractivity contribution in [1.82, 2.24) is 15.1 Å². The molecule has 1 saturated heterocycles. The van der Waals surface area contributed by atoms with E-state index in [4.69, 9.17) is 0 Å². The summed E-state index contributed by atoms with van der Waals surface area (Å²) in [5, 5.41) is 2.83. The van der Waals surface area contributed by atoms with E-state index in [1.807, 2.05) is 85.8 Å². The van der Waals surface area contributed by atoms with E-state index in [-0.39, 0.29) is 12.3 Å². The maximum Gasteiger partial charge on any atom is 0.326 e. The molecule has 0 saturated carbocycles. The summed E-state index contributed by atoms with van der Waals surface area (Å²) in [6.45, 7) is 2.74. The molecule has 4 amide bonds. The van der Waals surface area contributed by atoms with Crippen molar-refractivity contribution >= 4 is 17.8 Å². The topological polar surface area (TPSA) is 69.7 Å². The number of fused-ring (bicyclic) bond motifs is 1. The molecule has 0 bridgehead atoms. The van der Waals surface area contributed by atoms with E-state index in [9.17, 15) is 14.4 Å². The summed E-state index contributed by atoms with van der Waals surface area (Å²) in [4.78, 5) is 44.2. The van der Waals surface area contributed by atoms with Crippen molar-refractivity contribution in [3.63, 3.8) is 0 Å². The van der Waals surface area contributed by atoms with Crippen LogP contribution in [0, 0.1) is 0 Å². The largest absolute Gasteiger partial charge is 0.336 e. The number of rotatable bonds is 5. The van der Waals surface area contributed by atoms with Crippen LogP contribution in [0.25, 0.3) is 0 Å². The molecule has 0 radical (unpaired) electrons. The molecule has 2 atom stereocenters. The lowest BCUT2D eigenvalue weighted by Crippen LogP contribution is -2.61. The van der Waals surface area contributed by atoms with Crippen molar-refractivity contribution in [1.29, 1.82) is 0 Å². The van der Waals surface area contributed by atoms with Crippen molar-refractivity contribution in [2.24, 2.45) is 0 Å². The van der Waals surface area contributed by atoms with Gasteiger partial charge in [-0.2, -0.15) is 0 Å². The lowest BCUT2D eigenvalue weighted by atomic mass is 9.87. The van der Waals surface area contributed by atoms with E-state index in [1.165, 1.54) is 10.5 Å². The van der Waals surface area contributed by atoms with Crippen molar-refractivity contribution in [3.8, 4) is 0 Å². The molecule has 172 valence electrons. The number of carbonyl (C=O) groups excluding carboxylic acids is 3. The Balaban J connectivity index is 1.51. The zero-order valence-corrected chi connectivity index (χ0v) is 19.1. The average molecular weight is 454 g/mol. The molecule has 0 aliphatic carbocycles. The molecule has 5 rings (SSSR count). The van der Waals surface area contributed by atoms with Crippen LogP contribution in [-0.4, -0.2) is 39.7 Å². The van der Waals surface area contributed by atoms with Crippen LogP contribution in [0.2, 0.25) is 0 Å². The minimum Gasteiger partial charge on any atom is -0.336 e. The zero-order valence-electron chi connectivity index (χ0n) is 19.1. The fourth-order valence-corrected chi connectivity index (χ4v) is 5.01. The van der Waals surface area contributed by atoms with E-state index in [1.54, 1.807) is 4.90 Å². The quantitative estimate of drug-likeness (QED) is 0.471. The molecular formula is C28H27N3O3. The molecule has 6 heteroatoms. The van der Waals surface area contributed by atoms with Gasteiger partial charge in [-0.15, -0.1) is 0 Å². The smallest absolute Gasteiger partial charge is 0.326 e. The van der Waals surface area contributed by atoms with Gasteiger partial charge in [0.15, 0.2) is 0 Å². The second-order valence-electron chi connectivity index (χ2n) is 9.01. The van der Waals surface area contributed by atoms with Gasteiger partial charge >= 0.3 is 6.03 Å². The Hall–Kier alpha value is -3.93. The van der Waals surface area contributed by atoms with Crippen LogP contribution in [0.1, 0.15) is 35.2 Å². The standard InChI is InChI=1S/C28H27N3O3/c1-20(22-12-6-3-7-13-22)31-26(33)28(29-27(31)34,18-21-10-4-2-5-11-21)25(32)30-17-16-23-14-8-9-15-24(23)19-30/h2-15,20H,16-19H2,1H3,(H,29,34)/t20-,28+/m1/s1. The Labute approximate surface area is 199 Å². The summed E-state index contributed by atoms with van der Waals surface area (Å²) < 4.78 is 0. The Morgan fingerprint density at radius 1 is 0.912 bits per heavy atom. The van der Waals surface area contributed by atoms with E-state index >= 15 is 0 Å². The van der Waals surface area contributed by atoms with Gasteiger partial charge in [0.05, 0.1) is 6.04 Å². The minimum atomic E-state index is -1.67. The first-order valence-electron chi connectivity index (χ1n) is 11.6. The van der Waals surface area contributed by atoms with Crippen molar-refractivity contribution in [3.05, 3.63) is 107 Å².